The average molecular weight is 499 g/mol. The summed E-state index contributed by atoms with van der Waals surface area (Å²) in [5.74, 6) is 1.08. The van der Waals surface area contributed by atoms with Gasteiger partial charge in [0.25, 0.3) is 0 Å². The number of nitrogens with one attached hydrogen (secondary N) is 1. The molecule has 9 heteroatoms. The first-order valence-corrected chi connectivity index (χ1v) is 13.8. The molecule has 0 atom stereocenters. The van der Waals surface area contributed by atoms with Crippen LogP contribution in [0.5, 0.6) is 0 Å². The number of aromatic nitrogens is 4. The van der Waals surface area contributed by atoms with Crippen LogP contribution in [-0.2, 0) is 16.8 Å². The summed E-state index contributed by atoms with van der Waals surface area (Å²) in [6.07, 6.45) is 11.4. The van der Waals surface area contributed by atoms with E-state index in [4.69, 9.17) is 21.6 Å². The smallest absolute Gasteiger partial charge is 0.230 e. The Bertz CT molecular complexity index is 1150. The summed E-state index contributed by atoms with van der Waals surface area (Å²) in [6, 6.07) is 7.75. The van der Waals surface area contributed by atoms with Gasteiger partial charge in [-0.05, 0) is 56.1 Å². The van der Waals surface area contributed by atoms with Crippen LogP contribution in [0.2, 0.25) is 5.02 Å². The topological polar surface area (TPSA) is 75.9 Å². The van der Waals surface area contributed by atoms with Crippen molar-refractivity contribution in [2.75, 3.05) is 30.8 Å². The maximum Gasteiger partial charge on any atom is 0.230 e. The summed E-state index contributed by atoms with van der Waals surface area (Å²) in [4.78, 5) is 25.3. The Morgan fingerprint density at radius 1 is 1.09 bits per heavy atom. The van der Waals surface area contributed by atoms with Gasteiger partial charge in [0.05, 0.1) is 23.5 Å². The van der Waals surface area contributed by atoms with Crippen molar-refractivity contribution < 1.29 is 4.79 Å². The minimum absolute atomic E-state index is 0.0946. The molecule has 1 saturated carbocycles. The zero-order valence-electron chi connectivity index (χ0n) is 19.6. The minimum atomic E-state index is -0.466. The van der Waals surface area contributed by atoms with Crippen LogP contribution >= 0.6 is 23.4 Å². The van der Waals surface area contributed by atoms with Gasteiger partial charge in [-0.25, -0.2) is 14.6 Å². The van der Waals surface area contributed by atoms with Crippen LogP contribution in [0.25, 0.3) is 11.0 Å². The van der Waals surface area contributed by atoms with Crippen LogP contribution in [0.1, 0.15) is 50.5 Å². The number of hydrogen-bond acceptors (Lipinski definition) is 6. The van der Waals surface area contributed by atoms with E-state index in [0.717, 1.165) is 66.3 Å². The molecule has 180 valence electrons. The lowest BCUT2D eigenvalue weighted by atomic mass is 9.78. The molecule has 2 aromatic heterocycles. The molecule has 7 nitrogen and oxygen atoms in total. The Morgan fingerprint density at radius 3 is 2.53 bits per heavy atom. The van der Waals surface area contributed by atoms with E-state index in [1.54, 1.807) is 11.8 Å². The molecule has 1 saturated heterocycles. The maximum atomic E-state index is 13.4. The van der Waals surface area contributed by atoms with Crippen molar-refractivity contribution in [1.82, 2.24) is 25.1 Å². The minimum Gasteiger partial charge on any atom is -0.356 e. The molecule has 0 spiro atoms. The Labute approximate surface area is 209 Å². The second-order valence-electron chi connectivity index (χ2n) is 9.24. The summed E-state index contributed by atoms with van der Waals surface area (Å²) < 4.78 is 1.90. The van der Waals surface area contributed by atoms with Crippen LogP contribution < -0.4 is 10.2 Å². The standard InChI is InChI=1S/C25H31ClN6OS/c1-34-24-29-21(31-14-5-2-6-15-31)20-17-28-32(22(20)30-24)16-13-27-23(33)25(11-3-4-12-25)18-7-9-19(26)10-8-18/h7-10,17H,2-6,11-16H2,1H3,(H,27,33). The number of rotatable bonds is 7. The van der Waals surface area contributed by atoms with Crippen molar-refractivity contribution >= 4 is 46.1 Å². The van der Waals surface area contributed by atoms with E-state index in [1.807, 2.05) is 41.4 Å². The first-order chi connectivity index (χ1) is 16.6. The average Bonchev–Trinajstić information content (AvgIpc) is 3.53. The van der Waals surface area contributed by atoms with Crippen LogP contribution in [0.15, 0.2) is 35.6 Å². The van der Waals surface area contributed by atoms with Gasteiger partial charge in [0, 0.05) is 24.7 Å². The van der Waals surface area contributed by atoms with Crippen LogP contribution in [-0.4, -0.2) is 51.5 Å². The molecule has 0 radical (unpaired) electrons. The number of nitrogens with zero attached hydrogens (tertiary/aromatic N) is 5. The van der Waals surface area contributed by atoms with E-state index in [0.29, 0.717) is 18.1 Å². The lowest BCUT2D eigenvalue weighted by molar-refractivity contribution is -0.126. The third-order valence-corrected chi connectivity index (χ3v) is 7.99. The first-order valence-electron chi connectivity index (χ1n) is 12.2. The molecule has 34 heavy (non-hydrogen) atoms. The first kappa shape index (κ1) is 23.4. The molecule has 1 amide bonds. The van der Waals surface area contributed by atoms with Crippen LogP contribution in [0.3, 0.4) is 0 Å². The fourth-order valence-corrected chi connectivity index (χ4v) is 5.84. The van der Waals surface area contributed by atoms with Gasteiger partial charge in [0.1, 0.15) is 5.82 Å². The molecule has 0 bridgehead atoms. The normalized spacial score (nSPS) is 17.9. The van der Waals surface area contributed by atoms with E-state index in [1.165, 1.54) is 19.3 Å². The summed E-state index contributed by atoms with van der Waals surface area (Å²) in [7, 11) is 0. The predicted molar refractivity (Wildman–Crippen MR) is 138 cm³/mol. The van der Waals surface area contributed by atoms with Crippen molar-refractivity contribution in [3.63, 3.8) is 0 Å². The van der Waals surface area contributed by atoms with Gasteiger partial charge >= 0.3 is 0 Å². The highest BCUT2D eigenvalue weighted by molar-refractivity contribution is 7.98. The van der Waals surface area contributed by atoms with Crippen molar-refractivity contribution in [2.24, 2.45) is 0 Å². The fraction of sp³-hybridized carbons (Fsp3) is 0.520. The van der Waals surface area contributed by atoms with Crippen molar-refractivity contribution in [3.05, 3.63) is 41.0 Å². The highest BCUT2D eigenvalue weighted by Gasteiger charge is 2.42. The number of halogens is 1. The largest absolute Gasteiger partial charge is 0.356 e. The molecule has 3 aromatic rings. The van der Waals surface area contributed by atoms with Gasteiger partial charge in [-0.15, -0.1) is 0 Å². The number of anilines is 1. The zero-order valence-corrected chi connectivity index (χ0v) is 21.2. The third-order valence-electron chi connectivity index (χ3n) is 7.19. The van der Waals surface area contributed by atoms with Gasteiger partial charge in [-0.3, -0.25) is 4.79 Å². The van der Waals surface area contributed by atoms with Gasteiger partial charge in [-0.2, -0.15) is 5.10 Å². The third kappa shape index (κ3) is 4.50. The Balaban J connectivity index is 1.33. The molecule has 1 aromatic carbocycles. The number of amides is 1. The highest BCUT2D eigenvalue weighted by atomic mass is 35.5. The Hall–Kier alpha value is -2.32. The van der Waals surface area contributed by atoms with Crippen molar-refractivity contribution in [2.45, 2.75) is 62.1 Å². The molecular formula is C25H31ClN6OS. The van der Waals surface area contributed by atoms with E-state index < -0.39 is 5.41 Å². The van der Waals surface area contributed by atoms with Crippen LogP contribution in [0.4, 0.5) is 5.82 Å². The monoisotopic (exact) mass is 498 g/mol. The molecule has 0 unspecified atom stereocenters. The summed E-state index contributed by atoms with van der Waals surface area (Å²) in [6.45, 7) is 3.11. The van der Waals surface area contributed by atoms with Crippen molar-refractivity contribution in [3.8, 4) is 0 Å². The molecule has 2 aliphatic rings. The highest BCUT2D eigenvalue weighted by Crippen LogP contribution is 2.41. The van der Waals surface area contributed by atoms with Gasteiger partial charge in [-0.1, -0.05) is 48.3 Å². The number of carbonyl (C=O) groups is 1. The number of thioether (sulfide) groups is 1. The summed E-state index contributed by atoms with van der Waals surface area (Å²) >= 11 is 7.64. The Morgan fingerprint density at radius 2 is 1.82 bits per heavy atom. The molecule has 1 aliphatic heterocycles. The zero-order chi connectivity index (χ0) is 23.5. The number of benzene rings is 1. The van der Waals surface area contributed by atoms with Gasteiger partial charge < -0.3 is 10.2 Å². The fourth-order valence-electron chi connectivity index (χ4n) is 5.36. The maximum absolute atomic E-state index is 13.4. The number of carbonyl (C=O) groups excluding carboxylic acids is 1. The van der Waals surface area contributed by atoms with Crippen molar-refractivity contribution in [1.29, 1.82) is 0 Å². The summed E-state index contributed by atoms with van der Waals surface area (Å²) in [5.41, 5.74) is 1.43. The molecule has 1 aliphatic carbocycles. The van der Waals surface area contributed by atoms with E-state index >= 15 is 0 Å². The molecule has 3 heterocycles. The second kappa shape index (κ2) is 10.1. The van der Waals surface area contributed by atoms with E-state index in [9.17, 15) is 4.79 Å². The number of fused-ring (bicyclic) bond motifs is 1. The lowest BCUT2D eigenvalue weighted by Crippen LogP contribution is -2.43. The SMILES string of the molecule is CSc1nc(N2CCCCC2)c2cnn(CCNC(=O)C3(c4ccc(Cl)cc4)CCCC3)c2n1. The quantitative estimate of drug-likeness (QED) is 0.372. The number of piperidine rings is 1. The molecule has 2 fully saturated rings. The second-order valence-corrected chi connectivity index (χ2v) is 10.4. The molecular weight excluding hydrogens is 468 g/mol. The Kier molecular flexibility index (Phi) is 6.97. The van der Waals surface area contributed by atoms with Crippen LogP contribution in [0, 0.1) is 0 Å². The van der Waals surface area contributed by atoms with E-state index in [2.05, 4.69) is 15.3 Å². The van der Waals surface area contributed by atoms with Gasteiger partial charge in [0.15, 0.2) is 10.8 Å². The van der Waals surface area contributed by atoms with E-state index in [-0.39, 0.29) is 5.91 Å². The molecule has 1 N–H and O–H groups in total. The summed E-state index contributed by atoms with van der Waals surface area (Å²) in [5, 5.41) is 10.2. The lowest BCUT2D eigenvalue weighted by Gasteiger charge is -2.28. The number of hydrogen-bond donors (Lipinski definition) is 1. The van der Waals surface area contributed by atoms with Gasteiger partial charge in [0.2, 0.25) is 5.91 Å². The molecule has 5 rings (SSSR count). The predicted octanol–water partition coefficient (Wildman–Crippen LogP) is 4.82.